The average molecular weight is 273 g/mol. The van der Waals surface area contributed by atoms with Crippen molar-refractivity contribution in [3.8, 4) is 6.07 Å². The Morgan fingerprint density at radius 2 is 2.18 bits per heavy atom. The van der Waals surface area contributed by atoms with Crippen LogP contribution in [0, 0.1) is 11.3 Å². The molecule has 0 saturated carbocycles. The molecule has 1 aromatic rings. The third kappa shape index (κ3) is 3.53. The van der Waals surface area contributed by atoms with Crippen LogP contribution in [0.25, 0.3) is 0 Å². The molecule has 0 amide bonds. The number of nitrogens with one attached hydrogen (secondary N) is 1. The number of sulfonamides is 1. The summed E-state index contributed by atoms with van der Waals surface area (Å²) in [4.78, 5) is 10.6. The predicted octanol–water partition coefficient (Wildman–Crippen LogP) is 1.08. The van der Waals surface area contributed by atoms with Gasteiger partial charge in [-0.3, -0.25) is 4.79 Å². The molecule has 0 atom stereocenters. The van der Waals surface area contributed by atoms with Crippen LogP contribution in [0.2, 0.25) is 5.02 Å². The molecule has 1 aromatic carbocycles. The van der Waals surface area contributed by atoms with Gasteiger partial charge in [-0.2, -0.15) is 5.26 Å². The lowest BCUT2D eigenvalue weighted by Gasteiger charge is -2.05. The third-order valence-electron chi connectivity index (χ3n) is 1.88. The second kappa shape index (κ2) is 5.27. The second-order valence-electron chi connectivity index (χ2n) is 3.28. The molecule has 0 unspecified atom stereocenters. The second-order valence-corrected chi connectivity index (χ2v) is 5.45. The van der Waals surface area contributed by atoms with Crippen molar-refractivity contribution >= 4 is 27.4 Å². The molecule has 17 heavy (non-hydrogen) atoms. The fraction of sp³-hybridized carbons (Fsp3) is 0.200. The molecule has 0 radical (unpaired) electrons. The normalized spacial score (nSPS) is 10.9. The van der Waals surface area contributed by atoms with E-state index >= 15 is 0 Å². The summed E-state index contributed by atoms with van der Waals surface area (Å²) >= 11 is 5.72. The zero-order valence-corrected chi connectivity index (χ0v) is 10.5. The van der Waals surface area contributed by atoms with Gasteiger partial charge in [0.2, 0.25) is 10.0 Å². The maximum atomic E-state index is 11.7. The topological polar surface area (TPSA) is 87.0 Å². The van der Waals surface area contributed by atoms with Gasteiger partial charge in [-0.05, 0) is 25.1 Å². The van der Waals surface area contributed by atoms with Crippen LogP contribution in [0.1, 0.15) is 12.5 Å². The zero-order chi connectivity index (χ0) is 13.1. The maximum Gasteiger partial charge on any atom is 0.241 e. The number of hydrogen-bond donors (Lipinski definition) is 1. The summed E-state index contributed by atoms with van der Waals surface area (Å²) in [6, 6.07) is 5.56. The number of halogens is 1. The monoisotopic (exact) mass is 272 g/mol. The summed E-state index contributed by atoms with van der Waals surface area (Å²) in [5.74, 6) is -0.298. The van der Waals surface area contributed by atoms with E-state index in [1.54, 1.807) is 0 Å². The van der Waals surface area contributed by atoms with Gasteiger partial charge < -0.3 is 0 Å². The molecular formula is C10H9ClN2O3S. The zero-order valence-electron chi connectivity index (χ0n) is 8.90. The predicted molar refractivity (Wildman–Crippen MR) is 62.0 cm³/mol. The summed E-state index contributed by atoms with van der Waals surface area (Å²) in [5, 5.41) is 8.70. The molecular weight excluding hydrogens is 264 g/mol. The summed E-state index contributed by atoms with van der Waals surface area (Å²) in [6.45, 7) is 0.994. The number of hydrogen-bond acceptors (Lipinski definition) is 4. The number of Topliss-reactive ketones (excluding diaryl/α,β-unsaturated/α-hetero) is 1. The van der Waals surface area contributed by atoms with E-state index in [2.05, 4.69) is 4.72 Å². The average Bonchev–Trinajstić information content (AvgIpc) is 2.26. The molecule has 0 bridgehead atoms. The lowest BCUT2D eigenvalue weighted by atomic mass is 10.2. The van der Waals surface area contributed by atoms with Crippen LogP contribution >= 0.6 is 11.6 Å². The Balaban J connectivity index is 3.05. The van der Waals surface area contributed by atoms with Gasteiger partial charge in [0.1, 0.15) is 11.9 Å². The molecule has 1 rings (SSSR count). The number of carbonyl (C=O) groups is 1. The van der Waals surface area contributed by atoms with Crippen LogP contribution in [0.4, 0.5) is 0 Å². The van der Waals surface area contributed by atoms with Gasteiger partial charge in [-0.1, -0.05) is 11.6 Å². The number of carbonyl (C=O) groups excluding carboxylic acids is 1. The molecule has 0 spiro atoms. The van der Waals surface area contributed by atoms with Gasteiger partial charge in [0, 0.05) is 0 Å². The smallest absolute Gasteiger partial charge is 0.241 e. The highest BCUT2D eigenvalue weighted by Gasteiger charge is 2.15. The number of nitrogens with zero attached hydrogens (tertiary/aromatic N) is 1. The van der Waals surface area contributed by atoms with Crippen molar-refractivity contribution in [1.82, 2.24) is 4.72 Å². The SMILES string of the molecule is CC(=O)CNS(=O)(=O)c1ccc(C#N)c(Cl)c1. The first-order valence-electron chi connectivity index (χ1n) is 4.55. The first-order valence-corrected chi connectivity index (χ1v) is 6.41. The van der Waals surface area contributed by atoms with Gasteiger partial charge in [-0.25, -0.2) is 13.1 Å². The molecule has 0 aliphatic heterocycles. The van der Waals surface area contributed by atoms with Crippen LogP contribution in [0.15, 0.2) is 23.1 Å². The van der Waals surface area contributed by atoms with Gasteiger partial charge in [-0.15, -0.1) is 0 Å². The Morgan fingerprint density at radius 3 is 2.65 bits per heavy atom. The summed E-state index contributed by atoms with van der Waals surface area (Å²) in [6.07, 6.45) is 0. The quantitative estimate of drug-likeness (QED) is 0.888. The fourth-order valence-corrected chi connectivity index (χ4v) is 2.40. The molecule has 0 aliphatic rings. The van der Waals surface area contributed by atoms with Crippen molar-refractivity contribution in [2.75, 3.05) is 6.54 Å². The van der Waals surface area contributed by atoms with Crippen LogP contribution in [0.3, 0.4) is 0 Å². The summed E-state index contributed by atoms with van der Waals surface area (Å²) in [5.41, 5.74) is 0.192. The first kappa shape index (κ1) is 13.6. The molecule has 5 nitrogen and oxygen atoms in total. The van der Waals surface area contributed by atoms with Crippen molar-refractivity contribution in [2.24, 2.45) is 0 Å². The van der Waals surface area contributed by atoms with E-state index in [0.29, 0.717) is 0 Å². The molecule has 1 N–H and O–H groups in total. The van der Waals surface area contributed by atoms with E-state index in [9.17, 15) is 13.2 Å². The molecule has 0 fully saturated rings. The molecule has 0 aliphatic carbocycles. The molecule has 90 valence electrons. The van der Waals surface area contributed by atoms with E-state index in [4.69, 9.17) is 16.9 Å². The Kier molecular flexibility index (Phi) is 4.23. The Hall–Kier alpha value is -1.42. The molecule has 0 saturated heterocycles. The highest BCUT2D eigenvalue weighted by molar-refractivity contribution is 7.89. The number of nitriles is 1. The van der Waals surface area contributed by atoms with Crippen molar-refractivity contribution in [1.29, 1.82) is 5.26 Å². The van der Waals surface area contributed by atoms with Crippen molar-refractivity contribution < 1.29 is 13.2 Å². The largest absolute Gasteiger partial charge is 0.299 e. The highest BCUT2D eigenvalue weighted by atomic mass is 35.5. The van der Waals surface area contributed by atoms with Gasteiger partial charge >= 0.3 is 0 Å². The number of rotatable bonds is 4. The van der Waals surface area contributed by atoms with E-state index in [1.165, 1.54) is 25.1 Å². The van der Waals surface area contributed by atoms with E-state index < -0.39 is 10.0 Å². The number of benzene rings is 1. The third-order valence-corrected chi connectivity index (χ3v) is 3.59. The van der Waals surface area contributed by atoms with Crippen LogP contribution < -0.4 is 4.72 Å². The maximum absolute atomic E-state index is 11.7. The number of ketones is 1. The molecule has 0 heterocycles. The van der Waals surface area contributed by atoms with E-state index in [-0.39, 0.29) is 27.8 Å². The summed E-state index contributed by atoms with van der Waals surface area (Å²) in [7, 11) is -3.77. The van der Waals surface area contributed by atoms with Crippen LogP contribution in [-0.4, -0.2) is 20.7 Å². The van der Waals surface area contributed by atoms with Crippen LogP contribution in [0.5, 0.6) is 0 Å². The minimum Gasteiger partial charge on any atom is -0.299 e. The van der Waals surface area contributed by atoms with Gasteiger partial charge in [0.05, 0.1) is 22.0 Å². The molecule has 7 heteroatoms. The summed E-state index contributed by atoms with van der Waals surface area (Å²) < 4.78 is 25.5. The van der Waals surface area contributed by atoms with Crippen molar-refractivity contribution in [3.63, 3.8) is 0 Å². The van der Waals surface area contributed by atoms with Crippen LogP contribution in [-0.2, 0) is 14.8 Å². The van der Waals surface area contributed by atoms with Gasteiger partial charge in [0.25, 0.3) is 0 Å². The lowest BCUT2D eigenvalue weighted by molar-refractivity contribution is -0.115. The standard InChI is InChI=1S/C10H9ClN2O3S/c1-7(14)6-13-17(15,16)9-3-2-8(5-12)10(11)4-9/h2-4,13H,6H2,1H3. The van der Waals surface area contributed by atoms with Crippen molar-refractivity contribution in [3.05, 3.63) is 28.8 Å². The minimum absolute atomic E-state index is 0.0539. The first-order chi connectivity index (χ1) is 7.86. The van der Waals surface area contributed by atoms with E-state index in [1.807, 2.05) is 6.07 Å². The Bertz CT molecular complexity index is 590. The lowest BCUT2D eigenvalue weighted by Crippen LogP contribution is -2.28. The Morgan fingerprint density at radius 1 is 1.53 bits per heavy atom. The van der Waals surface area contributed by atoms with Crippen molar-refractivity contribution in [2.45, 2.75) is 11.8 Å². The fourth-order valence-electron chi connectivity index (χ4n) is 1.03. The molecule has 0 aromatic heterocycles. The Labute approximate surface area is 104 Å². The van der Waals surface area contributed by atoms with Gasteiger partial charge in [0.15, 0.2) is 0 Å². The van der Waals surface area contributed by atoms with E-state index in [0.717, 1.165) is 0 Å². The minimum atomic E-state index is -3.77. The highest BCUT2D eigenvalue weighted by Crippen LogP contribution is 2.19.